The van der Waals surface area contributed by atoms with Crippen molar-refractivity contribution in [3.05, 3.63) is 45.4 Å². The van der Waals surface area contributed by atoms with E-state index in [2.05, 4.69) is 11.1 Å². The summed E-state index contributed by atoms with van der Waals surface area (Å²) in [5.41, 5.74) is 7.91. The lowest BCUT2D eigenvalue weighted by Gasteiger charge is -2.01. The minimum atomic E-state index is 0.621. The van der Waals surface area contributed by atoms with Gasteiger partial charge in [0, 0.05) is 22.5 Å². The Morgan fingerprint density at radius 1 is 1.47 bits per heavy atom. The van der Waals surface area contributed by atoms with Gasteiger partial charge in [-0.25, -0.2) is 4.98 Å². The molecule has 0 fully saturated rings. The SMILES string of the molecule is Cc1cc(Cc2cnc(N)s2)ccc1Cl. The van der Waals surface area contributed by atoms with Gasteiger partial charge in [0.25, 0.3) is 0 Å². The van der Waals surface area contributed by atoms with Gasteiger partial charge in [-0.1, -0.05) is 23.7 Å². The summed E-state index contributed by atoms with van der Waals surface area (Å²) in [6.07, 6.45) is 2.69. The Morgan fingerprint density at radius 3 is 2.87 bits per heavy atom. The van der Waals surface area contributed by atoms with Gasteiger partial charge in [0.15, 0.2) is 5.13 Å². The molecule has 2 rings (SSSR count). The van der Waals surface area contributed by atoms with Gasteiger partial charge < -0.3 is 5.73 Å². The van der Waals surface area contributed by atoms with Gasteiger partial charge in [0.05, 0.1) is 0 Å². The molecule has 1 aromatic heterocycles. The number of aryl methyl sites for hydroxylation is 1. The second-order valence-corrected chi connectivity index (χ2v) is 4.98. The van der Waals surface area contributed by atoms with Crippen LogP contribution in [0.25, 0.3) is 0 Å². The molecule has 0 saturated heterocycles. The summed E-state index contributed by atoms with van der Waals surface area (Å²) in [6.45, 7) is 2.01. The van der Waals surface area contributed by atoms with Gasteiger partial charge >= 0.3 is 0 Å². The maximum Gasteiger partial charge on any atom is 0.180 e. The summed E-state index contributed by atoms with van der Waals surface area (Å²) >= 11 is 7.48. The number of nitrogens with zero attached hydrogens (tertiary/aromatic N) is 1. The molecule has 0 bridgehead atoms. The Morgan fingerprint density at radius 2 is 2.27 bits per heavy atom. The van der Waals surface area contributed by atoms with E-state index in [0.717, 1.165) is 17.0 Å². The maximum atomic E-state index is 5.96. The van der Waals surface area contributed by atoms with Crippen molar-refractivity contribution in [2.75, 3.05) is 5.73 Å². The molecule has 15 heavy (non-hydrogen) atoms. The molecule has 0 aliphatic carbocycles. The van der Waals surface area contributed by atoms with Crippen molar-refractivity contribution in [3.63, 3.8) is 0 Å². The molecule has 2 aromatic rings. The van der Waals surface area contributed by atoms with Crippen molar-refractivity contribution in [1.29, 1.82) is 0 Å². The van der Waals surface area contributed by atoms with Crippen molar-refractivity contribution in [1.82, 2.24) is 4.98 Å². The molecule has 0 aliphatic rings. The van der Waals surface area contributed by atoms with Crippen LogP contribution in [0.1, 0.15) is 16.0 Å². The van der Waals surface area contributed by atoms with E-state index >= 15 is 0 Å². The first-order valence-corrected chi connectivity index (χ1v) is 5.80. The lowest BCUT2D eigenvalue weighted by atomic mass is 10.1. The summed E-state index contributed by atoms with van der Waals surface area (Å²) in [6, 6.07) is 6.06. The Bertz CT molecular complexity index is 479. The van der Waals surface area contributed by atoms with Gasteiger partial charge in [-0.2, -0.15) is 0 Å². The molecule has 0 unspecified atom stereocenters. The van der Waals surface area contributed by atoms with E-state index < -0.39 is 0 Å². The van der Waals surface area contributed by atoms with Gasteiger partial charge in [-0.3, -0.25) is 0 Å². The quantitative estimate of drug-likeness (QED) is 0.872. The van der Waals surface area contributed by atoms with Gasteiger partial charge in [0.2, 0.25) is 0 Å². The summed E-state index contributed by atoms with van der Waals surface area (Å²) < 4.78 is 0. The molecule has 0 radical (unpaired) electrons. The van der Waals surface area contributed by atoms with Crippen LogP contribution < -0.4 is 5.73 Å². The minimum Gasteiger partial charge on any atom is -0.375 e. The van der Waals surface area contributed by atoms with Crippen LogP contribution in [0.3, 0.4) is 0 Å². The fourth-order valence-corrected chi connectivity index (χ4v) is 2.26. The summed E-state index contributed by atoms with van der Waals surface area (Å²) in [7, 11) is 0. The fraction of sp³-hybridized carbons (Fsp3) is 0.182. The number of nitrogen functional groups attached to an aromatic ring is 1. The molecule has 0 atom stereocenters. The predicted molar refractivity (Wildman–Crippen MR) is 65.5 cm³/mol. The first-order chi connectivity index (χ1) is 7.15. The van der Waals surface area contributed by atoms with E-state index in [0.29, 0.717) is 5.13 Å². The summed E-state index contributed by atoms with van der Waals surface area (Å²) in [4.78, 5) is 5.20. The highest BCUT2D eigenvalue weighted by Gasteiger charge is 2.02. The highest BCUT2D eigenvalue weighted by atomic mass is 35.5. The van der Waals surface area contributed by atoms with Crippen LogP contribution in [-0.2, 0) is 6.42 Å². The van der Waals surface area contributed by atoms with Gasteiger partial charge in [0.1, 0.15) is 0 Å². The molecule has 0 amide bonds. The second-order valence-electron chi connectivity index (χ2n) is 3.43. The molecule has 0 aliphatic heterocycles. The predicted octanol–water partition coefficient (Wildman–Crippen LogP) is 3.28. The third kappa shape index (κ3) is 2.49. The number of nitrogens with two attached hydrogens (primary N) is 1. The van der Waals surface area contributed by atoms with Crippen LogP contribution in [0.5, 0.6) is 0 Å². The number of benzene rings is 1. The number of thiazole rings is 1. The number of anilines is 1. The van der Waals surface area contributed by atoms with Crippen molar-refractivity contribution >= 4 is 28.1 Å². The van der Waals surface area contributed by atoms with E-state index in [1.165, 1.54) is 21.8 Å². The van der Waals surface area contributed by atoms with Crippen LogP contribution in [0, 0.1) is 6.92 Å². The van der Waals surface area contributed by atoms with Crippen molar-refractivity contribution in [2.24, 2.45) is 0 Å². The van der Waals surface area contributed by atoms with Crippen LogP contribution >= 0.6 is 22.9 Å². The Kier molecular flexibility index (Phi) is 2.93. The zero-order valence-electron chi connectivity index (χ0n) is 8.33. The molecular weight excluding hydrogens is 228 g/mol. The molecule has 1 aromatic carbocycles. The first-order valence-electron chi connectivity index (χ1n) is 4.60. The Hall–Kier alpha value is -1.06. The number of hydrogen-bond acceptors (Lipinski definition) is 3. The lowest BCUT2D eigenvalue weighted by molar-refractivity contribution is 1.20. The highest BCUT2D eigenvalue weighted by molar-refractivity contribution is 7.15. The average Bonchev–Trinajstić information content (AvgIpc) is 2.58. The molecule has 0 saturated carbocycles. The molecule has 2 N–H and O–H groups in total. The normalized spacial score (nSPS) is 10.5. The topological polar surface area (TPSA) is 38.9 Å². The molecule has 78 valence electrons. The van der Waals surface area contributed by atoms with E-state index in [9.17, 15) is 0 Å². The van der Waals surface area contributed by atoms with Crippen molar-refractivity contribution in [3.8, 4) is 0 Å². The maximum absolute atomic E-state index is 5.96. The Balaban J connectivity index is 2.21. The van der Waals surface area contributed by atoms with Crippen LogP contribution in [0.4, 0.5) is 5.13 Å². The van der Waals surface area contributed by atoms with Gasteiger partial charge in [-0.15, -0.1) is 11.3 Å². The molecule has 4 heteroatoms. The van der Waals surface area contributed by atoms with E-state index in [4.69, 9.17) is 17.3 Å². The van der Waals surface area contributed by atoms with Crippen LogP contribution in [0.15, 0.2) is 24.4 Å². The number of hydrogen-bond donors (Lipinski definition) is 1. The molecule has 0 spiro atoms. The van der Waals surface area contributed by atoms with Crippen molar-refractivity contribution in [2.45, 2.75) is 13.3 Å². The highest BCUT2D eigenvalue weighted by Crippen LogP contribution is 2.21. The zero-order chi connectivity index (χ0) is 10.8. The molecule has 1 heterocycles. The molecular formula is C11H11ClN2S. The number of halogens is 1. The number of aromatic nitrogens is 1. The van der Waals surface area contributed by atoms with E-state index in [1.807, 2.05) is 25.3 Å². The summed E-state index contributed by atoms with van der Waals surface area (Å²) in [5, 5.41) is 1.43. The third-order valence-corrected chi connectivity index (χ3v) is 3.42. The van der Waals surface area contributed by atoms with Crippen molar-refractivity contribution < 1.29 is 0 Å². The third-order valence-electron chi connectivity index (χ3n) is 2.17. The first kappa shape index (κ1) is 10.5. The average molecular weight is 239 g/mol. The minimum absolute atomic E-state index is 0.621. The fourth-order valence-electron chi connectivity index (χ4n) is 1.42. The Labute approximate surface area is 97.7 Å². The lowest BCUT2D eigenvalue weighted by Crippen LogP contribution is -1.86. The second kappa shape index (κ2) is 4.21. The standard InChI is InChI=1S/C11H11ClN2S/c1-7-4-8(2-3-10(7)12)5-9-6-14-11(13)15-9/h2-4,6H,5H2,1H3,(H2,13,14). The van der Waals surface area contributed by atoms with E-state index in [-0.39, 0.29) is 0 Å². The van der Waals surface area contributed by atoms with Crippen LogP contribution in [0.2, 0.25) is 5.02 Å². The smallest absolute Gasteiger partial charge is 0.180 e. The largest absolute Gasteiger partial charge is 0.375 e. The van der Waals surface area contributed by atoms with Gasteiger partial charge in [-0.05, 0) is 24.1 Å². The zero-order valence-corrected chi connectivity index (χ0v) is 9.90. The molecule has 2 nitrogen and oxygen atoms in total. The number of rotatable bonds is 2. The van der Waals surface area contributed by atoms with E-state index in [1.54, 1.807) is 0 Å². The monoisotopic (exact) mass is 238 g/mol. The summed E-state index contributed by atoms with van der Waals surface area (Å²) in [5.74, 6) is 0. The van der Waals surface area contributed by atoms with Crippen LogP contribution in [-0.4, -0.2) is 4.98 Å².